The molecule has 3 heterocycles. The molecule has 0 spiro atoms. The van der Waals surface area contributed by atoms with E-state index in [9.17, 15) is 14.4 Å². The number of benzene rings is 2. The van der Waals surface area contributed by atoms with Gasteiger partial charge in [0.05, 0.1) is 9.78 Å². The third kappa shape index (κ3) is 5.76. The Hall–Kier alpha value is -3.67. The Labute approximate surface area is 265 Å². The quantitative estimate of drug-likeness (QED) is 0.211. The Morgan fingerprint density at radius 1 is 1.11 bits per heavy atom. The monoisotopic (exact) mass is 632 g/mol. The number of Topliss-reactive ketones (excluding diaryl/α,β-unsaturated/α-hetero) is 1. The predicted molar refractivity (Wildman–Crippen MR) is 172 cm³/mol. The Morgan fingerprint density at radius 3 is 2.23 bits per heavy atom. The van der Waals surface area contributed by atoms with E-state index >= 15 is 0 Å². The lowest BCUT2D eigenvalue weighted by Crippen LogP contribution is -2.67. The van der Waals surface area contributed by atoms with Crippen LogP contribution in [0, 0.1) is 5.41 Å². The Bertz CT molecular complexity index is 1630. The number of ether oxygens (including phenoxy) is 2. The van der Waals surface area contributed by atoms with Gasteiger partial charge in [0.1, 0.15) is 5.37 Å². The number of aryl methyl sites for hydroxylation is 1. The lowest BCUT2D eigenvalue weighted by molar-refractivity contribution is -0.160. The summed E-state index contributed by atoms with van der Waals surface area (Å²) in [5.41, 5.74) is 1.46. The van der Waals surface area contributed by atoms with E-state index in [4.69, 9.17) is 9.47 Å². The van der Waals surface area contributed by atoms with E-state index in [-0.39, 0.29) is 17.6 Å². The fourth-order valence-electron chi connectivity index (χ4n) is 5.25. The highest BCUT2D eigenvalue weighted by molar-refractivity contribution is 8.18. The van der Waals surface area contributed by atoms with Crippen LogP contribution in [0.1, 0.15) is 51.3 Å². The average molecular weight is 633 g/mol. The topological polar surface area (TPSA) is 104 Å². The molecule has 1 unspecified atom stereocenters. The van der Waals surface area contributed by atoms with Crippen molar-refractivity contribution in [2.75, 3.05) is 7.11 Å². The third-order valence-electron chi connectivity index (χ3n) is 7.62. The molecule has 3 atom stereocenters. The second-order valence-corrected chi connectivity index (χ2v) is 14.7. The smallest absolute Gasteiger partial charge is 0.336 e. The minimum atomic E-state index is -0.811. The van der Waals surface area contributed by atoms with Gasteiger partial charge in [-0.1, -0.05) is 99.3 Å². The summed E-state index contributed by atoms with van der Waals surface area (Å²) in [5, 5.41) is 4.44. The first-order chi connectivity index (χ1) is 20.9. The lowest BCUT2D eigenvalue weighted by Gasteiger charge is -2.55. The molecule has 0 bridgehead atoms. The second-order valence-electron chi connectivity index (χ2n) is 11.7. The number of carbonyl (C=O) groups excluding carboxylic acids is 2. The number of amides is 1. The molecule has 230 valence electrons. The van der Waals surface area contributed by atoms with Gasteiger partial charge in [-0.2, -0.15) is 4.98 Å². The summed E-state index contributed by atoms with van der Waals surface area (Å²) in [4.78, 5) is 46.3. The molecule has 2 aliphatic rings. The zero-order valence-corrected chi connectivity index (χ0v) is 27.3. The van der Waals surface area contributed by atoms with Gasteiger partial charge in [0.25, 0.3) is 5.91 Å². The van der Waals surface area contributed by atoms with Crippen LogP contribution < -0.4 is 10.3 Å². The van der Waals surface area contributed by atoms with Crippen molar-refractivity contribution in [3.8, 4) is 5.88 Å². The summed E-state index contributed by atoms with van der Waals surface area (Å²) in [7, 11) is 3.19. The van der Waals surface area contributed by atoms with E-state index in [1.165, 1.54) is 35.3 Å². The third-order valence-corrected chi connectivity index (χ3v) is 11.1. The van der Waals surface area contributed by atoms with Gasteiger partial charge in [0.2, 0.25) is 0 Å². The van der Waals surface area contributed by atoms with E-state index in [0.29, 0.717) is 22.8 Å². The van der Waals surface area contributed by atoms with Crippen LogP contribution in [-0.2, 0) is 21.4 Å². The fourth-order valence-corrected chi connectivity index (χ4v) is 8.56. The summed E-state index contributed by atoms with van der Waals surface area (Å²) in [6.45, 7) is 11.3. The Morgan fingerprint density at radius 2 is 1.70 bits per heavy atom. The lowest BCUT2D eigenvalue weighted by atomic mass is 9.85. The largest absolute Gasteiger partial charge is 0.460 e. The molecule has 0 radical (unpaired) electrons. The maximum absolute atomic E-state index is 13.8. The molecule has 9 nitrogen and oxygen atoms in total. The molecule has 44 heavy (non-hydrogen) atoms. The van der Waals surface area contributed by atoms with Gasteiger partial charge in [-0.15, -0.1) is 23.4 Å². The van der Waals surface area contributed by atoms with Crippen molar-refractivity contribution in [1.82, 2.24) is 19.7 Å². The molecule has 5 rings (SSSR count). The number of allylic oxidation sites excluding steroid dienone is 2. The van der Waals surface area contributed by atoms with Gasteiger partial charge in [0, 0.05) is 19.6 Å². The molecular weight excluding hydrogens is 597 g/mol. The normalized spacial score (nSPS) is 21.6. The van der Waals surface area contributed by atoms with Crippen LogP contribution in [0.25, 0.3) is 0 Å². The molecule has 3 aromatic rings. The van der Waals surface area contributed by atoms with Crippen LogP contribution in [0.2, 0.25) is 0 Å². The highest BCUT2D eigenvalue weighted by Crippen LogP contribution is 2.59. The first kappa shape index (κ1) is 31.7. The number of methoxy groups -OCH3 is 1. The molecule has 0 N–H and O–H groups in total. The van der Waals surface area contributed by atoms with Crippen molar-refractivity contribution in [1.29, 1.82) is 0 Å². The minimum Gasteiger partial charge on any atom is -0.460 e. The minimum absolute atomic E-state index is 0.130. The maximum atomic E-state index is 13.8. The van der Waals surface area contributed by atoms with Gasteiger partial charge in [0.15, 0.2) is 23.1 Å². The maximum Gasteiger partial charge on any atom is 0.336 e. The molecule has 11 heteroatoms. The first-order valence-corrected chi connectivity index (χ1v) is 15.9. The number of hydrogen-bond acceptors (Lipinski definition) is 9. The molecule has 1 fully saturated rings. The number of carbonyl (C=O) groups is 2. The highest BCUT2D eigenvalue weighted by Gasteiger charge is 2.60. The summed E-state index contributed by atoms with van der Waals surface area (Å²) in [5.74, 6) is -0.516. The summed E-state index contributed by atoms with van der Waals surface area (Å²) < 4.78 is 12.5. The molecule has 2 aromatic carbocycles. The molecule has 1 amide bonds. The number of fused-ring (bicyclic) bond motifs is 1. The van der Waals surface area contributed by atoms with E-state index in [1.807, 2.05) is 88.4 Å². The van der Waals surface area contributed by atoms with Gasteiger partial charge < -0.3 is 9.47 Å². The van der Waals surface area contributed by atoms with Crippen LogP contribution in [0.15, 0.2) is 94.5 Å². The van der Waals surface area contributed by atoms with E-state index in [2.05, 4.69) is 16.7 Å². The van der Waals surface area contributed by atoms with Gasteiger partial charge in [-0.3, -0.25) is 19.3 Å². The molecule has 0 aliphatic carbocycles. The number of rotatable bonds is 10. The summed E-state index contributed by atoms with van der Waals surface area (Å²) in [6.07, 6.45) is 0.943. The first-order valence-electron chi connectivity index (χ1n) is 14.2. The van der Waals surface area contributed by atoms with Gasteiger partial charge >= 0.3 is 11.4 Å². The van der Waals surface area contributed by atoms with Crippen molar-refractivity contribution < 1.29 is 19.1 Å². The van der Waals surface area contributed by atoms with Gasteiger partial charge in [-0.05, 0) is 30.0 Å². The van der Waals surface area contributed by atoms with Crippen LogP contribution in [0.5, 0.6) is 5.88 Å². The van der Waals surface area contributed by atoms with Crippen LogP contribution in [0.4, 0.5) is 0 Å². The molecular formula is C33H36N4O5S2. The number of ketones is 1. The Balaban J connectivity index is 1.55. The molecule has 1 saturated heterocycles. The van der Waals surface area contributed by atoms with E-state index < -0.39 is 32.6 Å². The number of hydrogen-bond donors (Lipinski definition) is 0. The number of aromatic nitrogens is 3. The predicted octanol–water partition coefficient (Wildman–Crippen LogP) is 5.53. The number of nitrogens with zero attached hydrogens (tertiary/aromatic N) is 4. The summed E-state index contributed by atoms with van der Waals surface area (Å²) >= 11 is 2.81. The SMILES string of the molecule is C=CCC1(Sc2nc(=O)c(OC(c3ccccc3)c3ccccc3)nn2C)S[C@@H]2[C@@H](OC)C(=O)N2C(C(=O)C(C)(C)C)=C1C. The Kier molecular flexibility index (Phi) is 8.93. The molecule has 0 saturated carbocycles. The van der Waals surface area contributed by atoms with Crippen molar-refractivity contribution >= 4 is 35.2 Å². The molecule has 2 aliphatic heterocycles. The van der Waals surface area contributed by atoms with Crippen LogP contribution in [0.3, 0.4) is 0 Å². The van der Waals surface area contributed by atoms with Crippen molar-refractivity contribution in [3.63, 3.8) is 0 Å². The zero-order chi connectivity index (χ0) is 31.8. The fraction of sp³-hybridized carbons (Fsp3) is 0.364. The number of β-lactam (4-membered cyclic amide) rings is 1. The van der Waals surface area contributed by atoms with Crippen molar-refractivity contribution in [3.05, 3.63) is 106 Å². The highest BCUT2D eigenvalue weighted by atomic mass is 32.2. The number of thioether (sulfide) groups is 2. The van der Waals surface area contributed by atoms with Gasteiger partial charge in [-0.25, -0.2) is 4.68 Å². The average Bonchev–Trinajstić information content (AvgIpc) is 3.00. The van der Waals surface area contributed by atoms with Crippen molar-refractivity contribution in [2.24, 2.45) is 12.5 Å². The van der Waals surface area contributed by atoms with E-state index in [1.54, 1.807) is 18.0 Å². The van der Waals surface area contributed by atoms with E-state index in [0.717, 1.165) is 11.1 Å². The second kappa shape index (κ2) is 12.4. The standard InChI is InChI=1S/C33H36N4O5S2/c1-8-19-33(20(2)23(26(38)32(3,4)5)37-29(40)25(41-7)30(37)43-33)44-31-34-27(39)28(35-36(31)6)42-24(21-15-11-9-12-16-21)22-17-13-10-14-18-22/h8-18,24-25,30H,1,19H2,2-7H3/t25-,30+,33?/m0/s1. The zero-order valence-electron chi connectivity index (χ0n) is 25.6. The molecule has 1 aromatic heterocycles. The van der Waals surface area contributed by atoms with Crippen molar-refractivity contribution in [2.45, 2.75) is 60.9 Å². The summed E-state index contributed by atoms with van der Waals surface area (Å²) in [6, 6.07) is 19.2. The van der Waals surface area contributed by atoms with Crippen LogP contribution >= 0.6 is 23.5 Å². The van der Waals surface area contributed by atoms with Crippen LogP contribution in [-0.4, -0.2) is 54.0 Å².